The van der Waals surface area contributed by atoms with Gasteiger partial charge in [0.25, 0.3) is 11.8 Å². The first-order valence-electron chi connectivity index (χ1n) is 9.91. The van der Waals surface area contributed by atoms with E-state index in [1.165, 1.54) is 0 Å². The molecule has 3 amide bonds. The van der Waals surface area contributed by atoms with Crippen molar-refractivity contribution < 1.29 is 19.1 Å². The van der Waals surface area contributed by atoms with Crippen LogP contribution in [0.15, 0.2) is 48.5 Å². The van der Waals surface area contributed by atoms with Gasteiger partial charge in [-0.3, -0.25) is 14.4 Å². The van der Waals surface area contributed by atoms with Gasteiger partial charge in [-0.25, -0.2) is 0 Å². The Morgan fingerprint density at radius 1 is 1.00 bits per heavy atom. The summed E-state index contributed by atoms with van der Waals surface area (Å²) in [5.41, 5.74) is 2.28. The van der Waals surface area contributed by atoms with Crippen molar-refractivity contribution in [3.05, 3.63) is 59.7 Å². The van der Waals surface area contributed by atoms with Crippen LogP contribution in [0.2, 0.25) is 0 Å². The normalized spacial score (nSPS) is 15.3. The Bertz CT molecular complexity index is 892. The molecule has 8 heteroatoms. The fourth-order valence-electron chi connectivity index (χ4n) is 3.12. The molecule has 0 spiro atoms. The smallest absolute Gasteiger partial charge is 0.251 e. The van der Waals surface area contributed by atoms with E-state index in [1.54, 1.807) is 55.6 Å². The van der Waals surface area contributed by atoms with Crippen molar-refractivity contribution >= 4 is 29.1 Å². The quantitative estimate of drug-likeness (QED) is 0.532. The zero-order chi connectivity index (χ0) is 21.3. The highest BCUT2D eigenvalue weighted by Crippen LogP contribution is 2.13. The van der Waals surface area contributed by atoms with Crippen LogP contribution in [0.3, 0.4) is 0 Å². The number of carbonyl (C=O) groups excluding carboxylic acids is 3. The van der Waals surface area contributed by atoms with Gasteiger partial charge in [0.15, 0.2) is 0 Å². The van der Waals surface area contributed by atoms with Crippen LogP contribution in [-0.4, -0.2) is 50.6 Å². The Hall–Kier alpha value is -3.39. The van der Waals surface area contributed by atoms with Crippen LogP contribution in [0.4, 0.5) is 11.4 Å². The molecule has 1 aliphatic heterocycles. The van der Waals surface area contributed by atoms with Gasteiger partial charge in [-0.05, 0) is 55.3 Å². The molecule has 30 heavy (non-hydrogen) atoms. The number of ether oxygens (including phenoxy) is 1. The summed E-state index contributed by atoms with van der Waals surface area (Å²) in [6.07, 6.45) is 2.11. The van der Waals surface area contributed by atoms with Crippen molar-refractivity contribution in [2.45, 2.75) is 18.9 Å². The van der Waals surface area contributed by atoms with Crippen molar-refractivity contribution in [3.63, 3.8) is 0 Å². The number of hydrogen-bond donors (Lipinski definition) is 4. The molecule has 0 radical (unpaired) electrons. The van der Waals surface area contributed by atoms with Gasteiger partial charge in [-0.15, -0.1) is 0 Å². The first kappa shape index (κ1) is 21.3. The molecule has 2 aromatic rings. The van der Waals surface area contributed by atoms with Crippen molar-refractivity contribution in [1.29, 1.82) is 0 Å². The van der Waals surface area contributed by atoms with E-state index in [2.05, 4.69) is 21.3 Å². The highest BCUT2D eigenvalue weighted by atomic mass is 16.5. The second kappa shape index (κ2) is 10.4. The molecule has 1 aliphatic rings. The molecule has 1 heterocycles. The average Bonchev–Trinajstić information content (AvgIpc) is 3.30. The van der Waals surface area contributed by atoms with Crippen molar-refractivity contribution in [2.24, 2.45) is 0 Å². The van der Waals surface area contributed by atoms with Crippen molar-refractivity contribution in [3.8, 4) is 0 Å². The molecular weight excluding hydrogens is 384 g/mol. The van der Waals surface area contributed by atoms with Crippen LogP contribution in [0.1, 0.15) is 33.6 Å². The minimum Gasteiger partial charge on any atom is -0.376 e. The Kier molecular flexibility index (Phi) is 7.40. The van der Waals surface area contributed by atoms with Crippen LogP contribution in [0.5, 0.6) is 0 Å². The molecule has 2 aromatic carbocycles. The van der Waals surface area contributed by atoms with Crippen LogP contribution >= 0.6 is 0 Å². The number of benzene rings is 2. The predicted octanol–water partition coefficient (Wildman–Crippen LogP) is 2.01. The topological polar surface area (TPSA) is 109 Å². The molecule has 4 N–H and O–H groups in total. The van der Waals surface area contributed by atoms with E-state index in [-0.39, 0.29) is 30.4 Å². The number of rotatable bonds is 8. The maximum atomic E-state index is 12.2. The summed E-state index contributed by atoms with van der Waals surface area (Å²) in [4.78, 5) is 36.0. The van der Waals surface area contributed by atoms with E-state index in [0.717, 1.165) is 25.1 Å². The third-order valence-corrected chi connectivity index (χ3v) is 4.75. The number of nitrogens with one attached hydrogen (secondary N) is 4. The van der Waals surface area contributed by atoms with Crippen LogP contribution in [0, 0.1) is 0 Å². The summed E-state index contributed by atoms with van der Waals surface area (Å²) in [7, 11) is 1.55. The third-order valence-electron chi connectivity index (χ3n) is 4.75. The molecular formula is C22H26N4O4. The summed E-state index contributed by atoms with van der Waals surface area (Å²) in [5.74, 6) is -0.614. The lowest BCUT2D eigenvalue weighted by atomic mass is 10.2. The van der Waals surface area contributed by atoms with E-state index in [0.29, 0.717) is 23.4 Å². The van der Waals surface area contributed by atoms with Crippen LogP contribution in [-0.2, 0) is 9.53 Å². The molecule has 1 saturated heterocycles. The fraction of sp³-hybridized carbons (Fsp3) is 0.318. The zero-order valence-corrected chi connectivity index (χ0v) is 16.9. The Morgan fingerprint density at radius 3 is 2.50 bits per heavy atom. The van der Waals surface area contributed by atoms with E-state index in [4.69, 9.17) is 4.74 Å². The third kappa shape index (κ3) is 6.05. The predicted molar refractivity (Wildman–Crippen MR) is 115 cm³/mol. The van der Waals surface area contributed by atoms with Crippen molar-refractivity contribution in [2.75, 3.05) is 37.4 Å². The minimum absolute atomic E-state index is 0.0504. The lowest BCUT2D eigenvalue weighted by Gasteiger charge is -2.11. The largest absolute Gasteiger partial charge is 0.376 e. The summed E-state index contributed by atoms with van der Waals surface area (Å²) in [6.45, 7) is 1.32. The van der Waals surface area contributed by atoms with Crippen LogP contribution in [0.25, 0.3) is 0 Å². The number of amides is 3. The molecule has 1 atom stereocenters. The van der Waals surface area contributed by atoms with Gasteiger partial charge in [0.05, 0.1) is 12.6 Å². The molecule has 0 saturated carbocycles. The van der Waals surface area contributed by atoms with E-state index < -0.39 is 0 Å². The zero-order valence-electron chi connectivity index (χ0n) is 16.9. The van der Waals surface area contributed by atoms with E-state index in [1.807, 2.05) is 0 Å². The Morgan fingerprint density at radius 2 is 1.80 bits per heavy atom. The second-order valence-corrected chi connectivity index (χ2v) is 6.98. The molecule has 1 fully saturated rings. The van der Waals surface area contributed by atoms with Gasteiger partial charge in [0, 0.05) is 42.7 Å². The average molecular weight is 410 g/mol. The molecule has 0 aromatic heterocycles. The minimum atomic E-state index is -0.248. The SMILES string of the molecule is CNC(=O)c1cccc(NC(=O)CNc2ccc(C(=O)NCC3CCCO3)cc2)c1. The molecule has 158 valence electrons. The van der Waals surface area contributed by atoms with E-state index >= 15 is 0 Å². The molecule has 0 aliphatic carbocycles. The standard InChI is InChI=1S/C22H26N4O4/c1-23-21(28)16-4-2-5-18(12-16)26-20(27)14-24-17-9-7-15(8-10-17)22(29)25-13-19-6-3-11-30-19/h2,4-5,7-10,12,19,24H,3,6,11,13-14H2,1H3,(H,23,28)(H,25,29)(H,26,27). The lowest BCUT2D eigenvalue weighted by Crippen LogP contribution is -2.31. The summed E-state index contributed by atoms with van der Waals surface area (Å²) >= 11 is 0. The maximum Gasteiger partial charge on any atom is 0.251 e. The number of anilines is 2. The molecule has 1 unspecified atom stereocenters. The first-order valence-corrected chi connectivity index (χ1v) is 9.91. The lowest BCUT2D eigenvalue weighted by molar-refractivity contribution is -0.114. The van der Waals surface area contributed by atoms with Gasteiger partial charge in [-0.1, -0.05) is 6.07 Å². The summed E-state index contributed by atoms with van der Waals surface area (Å²) < 4.78 is 5.50. The van der Waals surface area contributed by atoms with Crippen LogP contribution < -0.4 is 21.3 Å². The van der Waals surface area contributed by atoms with Gasteiger partial charge in [-0.2, -0.15) is 0 Å². The summed E-state index contributed by atoms with van der Waals surface area (Å²) in [5, 5.41) is 11.2. The first-order chi connectivity index (χ1) is 14.5. The summed E-state index contributed by atoms with van der Waals surface area (Å²) in [6, 6.07) is 13.6. The second-order valence-electron chi connectivity index (χ2n) is 6.98. The van der Waals surface area contributed by atoms with Gasteiger partial charge in [0.1, 0.15) is 0 Å². The molecule has 0 bridgehead atoms. The van der Waals surface area contributed by atoms with E-state index in [9.17, 15) is 14.4 Å². The Labute approximate surface area is 175 Å². The Balaban J connectivity index is 1.45. The van der Waals surface area contributed by atoms with Gasteiger partial charge >= 0.3 is 0 Å². The van der Waals surface area contributed by atoms with Gasteiger partial charge in [0.2, 0.25) is 5.91 Å². The molecule has 8 nitrogen and oxygen atoms in total. The highest BCUT2D eigenvalue weighted by molar-refractivity contribution is 5.98. The number of carbonyl (C=O) groups is 3. The maximum absolute atomic E-state index is 12.2. The van der Waals surface area contributed by atoms with Crippen molar-refractivity contribution in [1.82, 2.24) is 10.6 Å². The number of hydrogen-bond acceptors (Lipinski definition) is 5. The van der Waals surface area contributed by atoms with Gasteiger partial charge < -0.3 is 26.0 Å². The molecule has 3 rings (SSSR count). The monoisotopic (exact) mass is 410 g/mol. The fourth-order valence-corrected chi connectivity index (χ4v) is 3.12. The highest BCUT2D eigenvalue weighted by Gasteiger charge is 2.16.